The van der Waals surface area contributed by atoms with E-state index in [1.807, 2.05) is 6.92 Å². The molecule has 0 saturated carbocycles. The molecule has 5 nitrogen and oxygen atoms in total. The van der Waals surface area contributed by atoms with Crippen molar-refractivity contribution in [2.24, 2.45) is 0 Å². The molecule has 0 bridgehead atoms. The fraction of sp³-hybridized carbons (Fsp3) is 0.583. The standard InChI is InChI=1S/C12H17NO4S/c1-3-13(10-5-7-18(15,16)8-10)12(14)11-4-6-17-9(11)2/h4,6,10H,3,5,7-8H2,1-2H3. The van der Waals surface area contributed by atoms with Crippen molar-refractivity contribution in [3.8, 4) is 0 Å². The number of hydrogen-bond donors (Lipinski definition) is 0. The summed E-state index contributed by atoms with van der Waals surface area (Å²) in [4.78, 5) is 14.0. The molecule has 2 heterocycles. The third-order valence-electron chi connectivity index (χ3n) is 3.34. The molecule has 1 aromatic rings. The van der Waals surface area contributed by atoms with Gasteiger partial charge in [-0.25, -0.2) is 8.42 Å². The van der Waals surface area contributed by atoms with Crippen LogP contribution in [0.2, 0.25) is 0 Å². The maximum atomic E-state index is 12.3. The quantitative estimate of drug-likeness (QED) is 0.829. The van der Waals surface area contributed by atoms with Crippen LogP contribution < -0.4 is 0 Å². The van der Waals surface area contributed by atoms with E-state index in [1.165, 1.54) is 6.26 Å². The van der Waals surface area contributed by atoms with Gasteiger partial charge in [-0.3, -0.25) is 4.79 Å². The number of hydrogen-bond acceptors (Lipinski definition) is 4. The van der Waals surface area contributed by atoms with Crippen LogP contribution in [0, 0.1) is 6.92 Å². The minimum Gasteiger partial charge on any atom is -0.469 e. The zero-order valence-electron chi connectivity index (χ0n) is 10.5. The Hall–Kier alpha value is -1.30. The number of rotatable bonds is 3. The molecule has 1 saturated heterocycles. The minimum atomic E-state index is -2.98. The van der Waals surface area contributed by atoms with Crippen LogP contribution in [0.25, 0.3) is 0 Å². The molecular formula is C12H17NO4S. The van der Waals surface area contributed by atoms with E-state index in [0.717, 1.165) is 0 Å². The highest BCUT2D eigenvalue weighted by Gasteiger charge is 2.34. The van der Waals surface area contributed by atoms with Gasteiger partial charge in [0, 0.05) is 12.6 Å². The van der Waals surface area contributed by atoms with Gasteiger partial charge in [0.25, 0.3) is 5.91 Å². The number of carbonyl (C=O) groups excluding carboxylic acids is 1. The van der Waals surface area contributed by atoms with Crippen molar-refractivity contribution in [1.29, 1.82) is 0 Å². The third-order valence-corrected chi connectivity index (χ3v) is 5.09. The van der Waals surface area contributed by atoms with E-state index < -0.39 is 9.84 Å². The van der Waals surface area contributed by atoms with Gasteiger partial charge in [-0.05, 0) is 26.3 Å². The van der Waals surface area contributed by atoms with E-state index in [4.69, 9.17) is 4.42 Å². The van der Waals surface area contributed by atoms with Gasteiger partial charge in [-0.2, -0.15) is 0 Å². The second-order valence-corrected chi connectivity index (χ2v) is 6.77. The van der Waals surface area contributed by atoms with Crippen LogP contribution in [0.3, 0.4) is 0 Å². The van der Waals surface area contributed by atoms with Gasteiger partial charge < -0.3 is 9.32 Å². The highest BCUT2D eigenvalue weighted by molar-refractivity contribution is 7.91. The summed E-state index contributed by atoms with van der Waals surface area (Å²) in [5.74, 6) is 0.667. The van der Waals surface area contributed by atoms with Crippen molar-refractivity contribution in [2.45, 2.75) is 26.3 Å². The fourth-order valence-corrected chi connectivity index (χ4v) is 4.08. The van der Waals surface area contributed by atoms with Gasteiger partial charge in [0.1, 0.15) is 5.76 Å². The first-order valence-electron chi connectivity index (χ1n) is 6.00. The van der Waals surface area contributed by atoms with Gasteiger partial charge in [-0.1, -0.05) is 0 Å². The van der Waals surface area contributed by atoms with Gasteiger partial charge in [0.05, 0.1) is 23.3 Å². The summed E-state index contributed by atoms with van der Waals surface area (Å²) >= 11 is 0. The van der Waals surface area contributed by atoms with Gasteiger partial charge in [-0.15, -0.1) is 0 Å². The molecule has 2 rings (SSSR count). The number of furan rings is 1. The Labute approximate surface area is 107 Å². The lowest BCUT2D eigenvalue weighted by atomic mass is 10.1. The van der Waals surface area contributed by atoms with Gasteiger partial charge in [0.2, 0.25) is 0 Å². The van der Waals surface area contributed by atoms with E-state index in [0.29, 0.717) is 24.3 Å². The van der Waals surface area contributed by atoms with Crippen LogP contribution in [0.1, 0.15) is 29.5 Å². The largest absolute Gasteiger partial charge is 0.469 e. The maximum absolute atomic E-state index is 12.3. The summed E-state index contributed by atoms with van der Waals surface area (Å²) in [6.07, 6.45) is 2.00. The first kappa shape index (κ1) is 13.1. The summed E-state index contributed by atoms with van der Waals surface area (Å²) in [5.41, 5.74) is 0.515. The Morgan fingerprint density at radius 1 is 1.56 bits per heavy atom. The molecule has 1 atom stereocenters. The molecule has 1 aromatic heterocycles. The second-order valence-electron chi connectivity index (χ2n) is 4.54. The zero-order valence-corrected chi connectivity index (χ0v) is 11.4. The summed E-state index contributed by atoms with van der Waals surface area (Å²) in [7, 11) is -2.98. The van der Waals surface area contributed by atoms with Crippen LogP contribution >= 0.6 is 0 Å². The van der Waals surface area contributed by atoms with E-state index in [1.54, 1.807) is 17.9 Å². The molecule has 0 aromatic carbocycles. The first-order chi connectivity index (χ1) is 8.44. The predicted molar refractivity (Wildman–Crippen MR) is 67.2 cm³/mol. The third kappa shape index (κ3) is 2.43. The van der Waals surface area contributed by atoms with Crippen molar-refractivity contribution in [3.63, 3.8) is 0 Å². The lowest BCUT2D eigenvalue weighted by Gasteiger charge is -2.26. The van der Waals surface area contributed by atoms with E-state index in [9.17, 15) is 13.2 Å². The summed E-state index contributed by atoms with van der Waals surface area (Å²) < 4.78 is 28.1. The number of aryl methyl sites for hydroxylation is 1. The molecule has 1 fully saturated rings. The summed E-state index contributed by atoms with van der Waals surface area (Å²) in [6.45, 7) is 4.09. The highest BCUT2D eigenvalue weighted by atomic mass is 32.2. The van der Waals surface area contributed by atoms with Crippen molar-refractivity contribution in [3.05, 3.63) is 23.7 Å². The molecule has 1 amide bonds. The molecular weight excluding hydrogens is 254 g/mol. The Morgan fingerprint density at radius 2 is 2.28 bits per heavy atom. The maximum Gasteiger partial charge on any atom is 0.257 e. The number of amides is 1. The SMILES string of the molecule is CCN(C(=O)c1ccoc1C)C1CCS(=O)(=O)C1. The van der Waals surface area contributed by atoms with Crippen molar-refractivity contribution in [1.82, 2.24) is 4.90 Å². The van der Waals surface area contributed by atoms with Crippen molar-refractivity contribution < 1.29 is 17.6 Å². The van der Waals surface area contributed by atoms with Crippen LogP contribution in [0.15, 0.2) is 16.7 Å². The first-order valence-corrected chi connectivity index (χ1v) is 7.82. The fourth-order valence-electron chi connectivity index (χ4n) is 2.35. The zero-order chi connectivity index (χ0) is 13.3. The summed E-state index contributed by atoms with van der Waals surface area (Å²) in [6, 6.07) is 1.42. The van der Waals surface area contributed by atoms with Gasteiger partial charge in [0.15, 0.2) is 9.84 Å². The lowest BCUT2D eigenvalue weighted by molar-refractivity contribution is 0.0706. The van der Waals surface area contributed by atoms with E-state index in [2.05, 4.69) is 0 Å². The molecule has 0 aliphatic carbocycles. The molecule has 1 aliphatic heterocycles. The average Bonchev–Trinajstić information content (AvgIpc) is 2.86. The van der Waals surface area contributed by atoms with Crippen LogP contribution in [0.4, 0.5) is 0 Å². The van der Waals surface area contributed by atoms with Crippen LogP contribution in [-0.2, 0) is 9.84 Å². The number of carbonyl (C=O) groups is 1. The van der Waals surface area contributed by atoms with Crippen LogP contribution in [-0.4, -0.2) is 43.3 Å². The molecule has 1 unspecified atom stereocenters. The Kier molecular flexibility index (Phi) is 3.47. The normalized spacial score (nSPS) is 22.0. The predicted octanol–water partition coefficient (Wildman–Crippen LogP) is 1.24. The minimum absolute atomic E-state index is 0.0729. The molecule has 18 heavy (non-hydrogen) atoms. The smallest absolute Gasteiger partial charge is 0.257 e. The monoisotopic (exact) mass is 271 g/mol. The Bertz CT molecular complexity index is 546. The highest BCUT2D eigenvalue weighted by Crippen LogP contribution is 2.21. The van der Waals surface area contributed by atoms with Crippen molar-refractivity contribution in [2.75, 3.05) is 18.1 Å². The van der Waals surface area contributed by atoms with Gasteiger partial charge >= 0.3 is 0 Å². The van der Waals surface area contributed by atoms with Crippen molar-refractivity contribution >= 4 is 15.7 Å². The molecule has 100 valence electrons. The Morgan fingerprint density at radius 3 is 2.72 bits per heavy atom. The molecule has 0 radical (unpaired) electrons. The second kappa shape index (κ2) is 4.76. The topological polar surface area (TPSA) is 67.6 Å². The van der Waals surface area contributed by atoms with E-state index >= 15 is 0 Å². The summed E-state index contributed by atoms with van der Waals surface area (Å²) in [5, 5.41) is 0. The van der Waals surface area contributed by atoms with E-state index in [-0.39, 0.29) is 23.5 Å². The average molecular weight is 271 g/mol. The molecule has 1 aliphatic rings. The molecule has 0 spiro atoms. The number of sulfone groups is 1. The Balaban J connectivity index is 2.20. The molecule has 6 heteroatoms. The lowest BCUT2D eigenvalue weighted by Crippen LogP contribution is -2.41. The molecule has 0 N–H and O–H groups in total. The van der Waals surface area contributed by atoms with Crippen LogP contribution in [0.5, 0.6) is 0 Å². The number of nitrogens with zero attached hydrogens (tertiary/aromatic N) is 1.